The highest BCUT2D eigenvalue weighted by Crippen LogP contribution is 2.37. The first kappa shape index (κ1) is 17.4. The number of para-hydroxylation sites is 2. The molecule has 1 aromatic carbocycles. The summed E-state index contributed by atoms with van der Waals surface area (Å²) < 4.78 is 5.66. The van der Waals surface area contributed by atoms with Gasteiger partial charge in [-0.05, 0) is 38.8 Å². The number of piperidine rings is 1. The van der Waals surface area contributed by atoms with Crippen LogP contribution in [0.4, 0.5) is 23.1 Å². The fourth-order valence-electron chi connectivity index (χ4n) is 3.62. The molecule has 142 valence electrons. The highest BCUT2D eigenvalue weighted by atomic mass is 16.5. The number of hydrogen-bond donors (Lipinski definition) is 3. The summed E-state index contributed by atoms with van der Waals surface area (Å²) in [6, 6.07) is 9.58. The number of rotatable bonds is 3. The first-order valence-electron chi connectivity index (χ1n) is 9.20. The summed E-state index contributed by atoms with van der Waals surface area (Å²) >= 11 is 0. The van der Waals surface area contributed by atoms with Gasteiger partial charge in [0.05, 0.1) is 17.5 Å². The van der Waals surface area contributed by atoms with Crippen molar-refractivity contribution in [2.24, 2.45) is 0 Å². The van der Waals surface area contributed by atoms with Crippen molar-refractivity contribution in [3.05, 3.63) is 30.3 Å². The average Bonchev–Trinajstić information content (AvgIpc) is 2.62. The van der Waals surface area contributed by atoms with E-state index in [0.717, 1.165) is 17.2 Å². The van der Waals surface area contributed by atoms with Crippen LogP contribution in [-0.2, 0) is 4.79 Å². The second-order valence-corrected chi connectivity index (χ2v) is 7.28. The number of fused-ring (bicyclic) bond motifs is 1. The lowest BCUT2D eigenvalue weighted by molar-refractivity contribution is -0.121. The van der Waals surface area contributed by atoms with E-state index in [4.69, 9.17) is 10.5 Å². The number of carbonyl (C=O) groups excluding carboxylic acids is 1. The van der Waals surface area contributed by atoms with Crippen LogP contribution in [0.3, 0.4) is 0 Å². The fraction of sp³-hybridized carbons (Fsp3) is 0.421. The normalized spacial score (nSPS) is 18.0. The predicted octanol–water partition coefficient (Wildman–Crippen LogP) is 2.25. The van der Waals surface area contributed by atoms with Crippen LogP contribution in [0.5, 0.6) is 5.88 Å². The minimum Gasteiger partial charge on any atom is -0.475 e. The molecule has 2 aromatic rings. The first-order chi connectivity index (χ1) is 12.9. The molecule has 1 aromatic heterocycles. The molecule has 0 bridgehead atoms. The van der Waals surface area contributed by atoms with Gasteiger partial charge in [-0.25, -0.2) is 0 Å². The molecule has 4 rings (SSSR count). The van der Waals surface area contributed by atoms with Crippen LogP contribution in [0, 0.1) is 0 Å². The van der Waals surface area contributed by atoms with Gasteiger partial charge in [-0.15, -0.1) is 0 Å². The molecular weight excluding hydrogens is 344 g/mol. The van der Waals surface area contributed by atoms with E-state index in [-0.39, 0.29) is 18.0 Å². The van der Waals surface area contributed by atoms with E-state index in [1.54, 1.807) is 6.07 Å². The molecule has 1 fully saturated rings. The average molecular weight is 368 g/mol. The Labute approximate surface area is 158 Å². The van der Waals surface area contributed by atoms with Gasteiger partial charge in [0.25, 0.3) is 0 Å². The van der Waals surface area contributed by atoms with Gasteiger partial charge in [-0.1, -0.05) is 12.1 Å². The van der Waals surface area contributed by atoms with Crippen molar-refractivity contribution in [2.75, 3.05) is 34.4 Å². The molecule has 8 heteroatoms. The second kappa shape index (κ2) is 6.61. The molecule has 1 spiro atoms. The van der Waals surface area contributed by atoms with Crippen molar-refractivity contribution in [3.63, 3.8) is 0 Å². The Morgan fingerprint density at radius 1 is 1.19 bits per heavy atom. The Balaban J connectivity index is 1.51. The summed E-state index contributed by atoms with van der Waals surface area (Å²) in [7, 11) is 0. The zero-order valence-corrected chi connectivity index (χ0v) is 15.5. The Hall–Kier alpha value is -3.03. The number of ether oxygens (including phenoxy) is 1. The summed E-state index contributed by atoms with van der Waals surface area (Å²) in [6.07, 6.45) is 1.33. The number of nitrogens with zero attached hydrogens (tertiary/aromatic N) is 3. The summed E-state index contributed by atoms with van der Waals surface area (Å²) in [5, 5.41) is 6.49. The van der Waals surface area contributed by atoms with Gasteiger partial charge < -0.3 is 26.0 Å². The predicted molar refractivity (Wildman–Crippen MR) is 105 cm³/mol. The fourth-order valence-corrected chi connectivity index (χ4v) is 3.62. The van der Waals surface area contributed by atoms with E-state index in [0.29, 0.717) is 31.8 Å². The van der Waals surface area contributed by atoms with Gasteiger partial charge in [0.15, 0.2) is 0 Å². The number of benzene rings is 1. The lowest BCUT2D eigenvalue weighted by Crippen LogP contribution is -2.58. The third-order valence-corrected chi connectivity index (χ3v) is 4.99. The quantitative estimate of drug-likeness (QED) is 0.763. The van der Waals surface area contributed by atoms with Crippen LogP contribution in [0.1, 0.15) is 26.7 Å². The molecule has 2 aliphatic heterocycles. The number of aromatic nitrogens is 2. The monoisotopic (exact) mass is 368 g/mol. The summed E-state index contributed by atoms with van der Waals surface area (Å²) in [6.45, 7) is 5.24. The molecular formula is C19H24N6O2. The van der Waals surface area contributed by atoms with Crippen molar-refractivity contribution in [1.82, 2.24) is 9.97 Å². The Kier molecular flexibility index (Phi) is 4.25. The van der Waals surface area contributed by atoms with Gasteiger partial charge >= 0.3 is 0 Å². The summed E-state index contributed by atoms with van der Waals surface area (Å²) in [4.78, 5) is 23.3. The maximum atomic E-state index is 12.7. The van der Waals surface area contributed by atoms with Gasteiger partial charge in [0.1, 0.15) is 11.4 Å². The minimum atomic E-state index is -0.597. The van der Waals surface area contributed by atoms with E-state index >= 15 is 0 Å². The van der Waals surface area contributed by atoms with Crippen LogP contribution in [-0.4, -0.2) is 40.6 Å². The van der Waals surface area contributed by atoms with Crippen molar-refractivity contribution < 1.29 is 9.53 Å². The molecule has 1 saturated heterocycles. The maximum absolute atomic E-state index is 12.7. The van der Waals surface area contributed by atoms with Crippen LogP contribution >= 0.6 is 0 Å². The van der Waals surface area contributed by atoms with E-state index in [9.17, 15) is 4.79 Å². The molecule has 0 unspecified atom stereocenters. The second-order valence-electron chi connectivity index (χ2n) is 7.28. The molecule has 27 heavy (non-hydrogen) atoms. The van der Waals surface area contributed by atoms with Crippen molar-refractivity contribution in [1.29, 1.82) is 0 Å². The molecule has 2 aliphatic rings. The number of nitrogen functional groups attached to an aromatic ring is 1. The van der Waals surface area contributed by atoms with E-state index in [1.165, 1.54) is 0 Å². The van der Waals surface area contributed by atoms with Gasteiger partial charge in [-0.2, -0.15) is 9.97 Å². The molecule has 4 N–H and O–H groups in total. The van der Waals surface area contributed by atoms with Crippen LogP contribution < -0.4 is 26.0 Å². The number of hydrogen-bond acceptors (Lipinski definition) is 7. The molecule has 8 nitrogen and oxygen atoms in total. The smallest absolute Gasteiger partial charge is 0.250 e. The number of nitrogens with one attached hydrogen (secondary N) is 2. The van der Waals surface area contributed by atoms with Crippen LogP contribution in [0.25, 0.3) is 0 Å². The SMILES string of the molecule is CC(C)Oc1cc(N2CCC3(CC2)Nc2ccccc2NC3=O)nc(N)n1. The Morgan fingerprint density at radius 3 is 2.59 bits per heavy atom. The first-order valence-corrected chi connectivity index (χ1v) is 9.20. The van der Waals surface area contributed by atoms with Crippen molar-refractivity contribution >= 4 is 29.0 Å². The Bertz CT molecular complexity index is 861. The standard InChI is InChI=1S/C19H24N6O2/c1-12(2)27-16-11-15(22-18(20)23-16)25-9-7-19(8-10-25)17(26)21-13-5-3-4-6-14(13)24-19/h3-6,11-12,24H,7-10H2,1-2H3,(H,21,26)(H2,20,22,23). The molecule has 0 atom stereocenters. The molecule has 1 amide bonds. The van der Waals surface area contributed by atoms with Gasteiger partial charge in [-0.3, -0.25) is 4.79 Å². The van der Waals surface area contributed by atoms with Crippen LogP contribution in [0.2, 0.25) is 0 Å². The zero-order valence-electron chi connectivity index (χ0n) is 15.5. The van der Waals surface area contributed by atoms with E-state index < -0.39 is 5.54 Å². The third kappa shape index (κ3) is 3.34. The van der Waals surface area contributed by atoms with Gasteiger partial charge in [0, 0.05) is 19.2 Å². The maximum Gasteiger partial charge on any atom is 0.250 e. The number of anilines is 4. The highest BCUT2D eigenvalue weighted by Gasteiger charge is 2.44. The van der Waals surface area contributed by atoms with Crippen molar-refractivity contribution in [2.45, 2.75) is 38.3 Å². The third-order valence-electron chi connectivity index (χ3n) is 4.99. The minimum absolute atomic E-state index is 0.00646. The molecule has 0 saturated carbocycles. The zero-order chi connectivity index (χ0) is 19.0. The number of amides is 1. The topological polar surface area (TPSA) is 105 Å². The van der Waals surface area contributed by atoms with Gasteiger partial charge in [0.2, 0.25) is 17.7 Å². The lowest BCUT2D eigenvalue weighted by Gasteiger charge is -2.44. The number of carbonyl (C=O) groups is 1. The van der Waals surface area contributed by atoms with Crippen LogP contribution in [0.15, 0.2) is 30.3 Å². The summed E-state index contributed by atoms with van der Waals surface area (Å²) in [5.74, 6) is 1.40. The molecule has 0 radical (unpaired) electrons. The highest BCUT2D eigenvalue weighted by molar-refractivity contribution is 6.06. The van der Waals surface area contributed by atoms with E-state index in [1.807, 2.05) is 38.1 Å². The Morgan fingerprint density at radius 2 is 1.89 bits per heavy atom. The van der Waals surface area contributed by atoms with Crippen molar-refractivity contribution in [3.8, 4) is 5.88 Å². The molecule has 3 heterocycles. The largest absolute Gasteiger partial charge is 0.475 e. The number of nitrogens with two attached hydrogens (primary N) is 1. The summed E-state index contributed by atoms with van der Waals surface area (Å²) in [5.41, 5.74) is 7.04. The molecule has 0 aliphatic carbocycles. The lowest BCUT2D eigenvalue weighted by atomic mass is 9.84. The van der Waals surface area contributed by atoms with E-state index in [2.05, 4.69) is 25.5 Å².